The molecule has 2 aromatic carbocycles. The summed E-state index contributed by atoms with van der Waals surface area (Å²) in [5, 5.41) is 0. The summed E-state index contributed by atoms with van der Waals surface area (Å²) < 4.78 is 18.3. The highest BCUT2D eigenvalue weighted by molar-refractivity contribution is 5.85. The highest BCUT2D eigenvalue weighted by atomic mass is 35.5. The summed E-state index contributed by atoms with van der Waals surface area (Å²) in [4.78, 5) is 13.8. The van der Waals surface area contributed by atoms with Crippen molar-refractivity contribution in [2.24, 2.45) is 5.73 Å². The van der Waals surface area contributed by atoms with Gasteiger partial charge in [0.05, 0.1) is 12.6 Å². The van der Waals surface area contributed by atoms with Gasteiger partial charge in [-0.15, -0.1) is 12.4 Å². The van der Waals surface area contributed by atoms with Gasteiger partial charge in [0.2, 0.25) is 5.91 Å². The molecule has 0 saturated carbocycles. The number of nitrogens with zero attached hydrogens (tertiary/aromatic N) is 1. The normalized spacial score (nSPS) is 11.3. The lowest BCUT2D eigenvalue weighted by molar-refractivity contribution is -0.131. The Bertz CT molecular complexity index is 623. The van der Waals surface area contributed by atoms with Crippen LogP contribution < -0.4 is 10.5 Å². The molecule has 0 fully saturated rings. The van der Waals surface area contributed by atoms with Crippen molar-refractivity contribution in [1.82, 2.24) is 4.90 Å². The fourth-order valence-electron chi connectivity index (χ4n) is 2.18. The van der Waals surface area contributed by atoms with Crippen molar-refractivity contribution in [2.45, 2.75) is 12.5 Å². The lowest BCUT2D eigenvalue weighted by Crippen LogP contribution is -2.44. The molecule has 6 heteroatoms. The Morgan fingerprint density at radius 2 is 1.79 bits per heavy atom. The summed E-state index contributed by atoms with van der Waals surface area (Å²) in [6.07, 6.45) is 0.503. The number of ether oxygens (including phenoxy) is 1. The van der Waals surface area contributed by atoms with Gasteiger partial charge < -0.3 is 15.4 Å². The molecule has 2 N–H and O–H groups in total. The number of halogens is 2. The average molecular weight is 353 g/mol. The Kier molecular flexibility index (Phi) is 8.22. The Hall–Kier alpha value is -2.11. The predicted molar refractivity (Wildman–Crippen MR) is 94.9 cm³/mol. The number of carbonyl (C=O) groups is 1. The molecule has 0 radical (unpaired) electrons. The fourth-order valence-corrected chi connectivity index (χ4v) is 2.18. The van der Waals surface area contributed by atoms with Crippen LogP contribution in [0.1, 0.15) is 5.56 Å². The van der Waals surface area contributed by atoms with E-state index in [4.69, 9.17) is 10.5 Å². The first-order valence-electron chi connectivity index (χ1n) is 7.49. The zero-order valence-corrected chi connectivity index (χ0v) is 14.3. The van der Waals surface area contributed by atoms with Gasteiger partial charge in [-0.05, 0) is 36.2 Å². The van der Waals surface area contributed by atoms with Crippen molar-refractivity contribution in [1.29, 1.82) is 0 Å². The molecule has 0 heterocycles. The van der Waals surface area contributed by atoms with E-state index in [1.165, 1.54) is 12.1 Å². The van der Waals surface area contributed by atoms with Crippen molar-refractivity contribution >= 4 is 18.3 Å². The SMILES string of the molecule is CN(CCOc1ccc(F)cc1)C(=O)[C@@H](N)Cc1ccccc1.Cl. The lowest BCUT2D eigenvalue weighted by atomic mass is 10.1. The van der Waals surface area contributed by atoms with Crippen LogP contribution in [0.15, 0.2) is 54.6 Å². The molecule has 130 valence electrons. The molecule has 2 aromatic rings. The number of rotatable bonds is 7. The molecule has 4 nitrogen and oxygen atoms in total. The standard InChI is InChI=1S/C18H21FN2O2.ClH/c1-21(11-12-23-16-9-7-15(19)8-10-16)18(22)17(20)13-14-5-3-2-4-6-14;/h2-10,17H,11-13,20H2,1H3;1H/t17-;/m0./s1. The summed E-state index contributed by atoms with van der Waals surface area (Å²) in [6, 6.07) is 14.9. The number of hydrogen-bond acceptors (Lipinski definition) is 3. The minimum absolute atomic E-state index is 0. The molecular formula is C18H22ClFN2O2. The first-order chi connectivity index (χ1) is 11.1. The molecule has 0 aromatic heterocycles. The topological polar surface area (TPSA) is 55.6 Å². The van der Waals surface area contributed by atoms with Crippen molar-refractivity contribution in [3.8, 4) is 5.75 Å². The van der Waals surface area contributed by atoms with E-state index >= 15 is 0 Å². The Morgan fingerprint density at radius 3 is 2.42 bits per heavy atom. The van der Waals surface area contributed by atoms with E-state index in [0.29, 0.717) is 25.3 Å². The molecular weight excluding hydrogens is 331 g/mol. The van der Waals surface area contributed by atoms with Crippen LogP contribution in [-0.4, -0.2) is 37.0 Å². The van der Waals surface area contributed by atoms with Crippen LogP contribution in [0.25, 0.3) is 0 Å². The van der Waals surface area contributed by atoms with Gasteiger partial charge in [-0.1, -0.05) is 30.3 Å². The molecule has 0 saturated heterocycles. The quantitative estimate of drug-likeness (QED) is 0.833. The van der Waals surface area contributed by atoms with Gasteiger partial charge in [0.15, 0.2) is 0 Å². The van der Waals surface area contributed by atoms with Crippen LogP contribution in [0, 0.1) is 5.82 Å². The van der Waals surface area contributed by atoms with Crippen LogP contribution in [0.5, 0.6) is 5.75 Å². The van der Waals surface area contributed by atoms with Crippen LogP contribution in [0.2, 0.25) is 0 Å². The number of likely N-dealkylation sites (N-methyl/N-ethyl adjacent to an activating group) is 1. The Labute approximate surface area is 147 Å². The molecule has 0 bridgehead atoms. The minimum atomic E-state index is -0.576. The largest absolute Gasteiger partial charge is 0.492 e. The smallest absolute Gasteiger partial charge is 0.239 e. The monoisotopic (exact) mass is 352 g/mol. The van der Waals surface area contributed by atoms with Crippen LogP contribution >= 0.6 is 12.4 Å². The van der Waals surface area contributed by atoms with E-state index in [2.05, 4.69) is 0 Å². The second kappa shape index (κ2) is 9.90. The van der Waals surface area contributed by atoms with Gasteiger partial charge in [0.1, 0.15) is 18.2 Å². The molecule has 2 rings (SSSR count). The van der Waals surface area contributed by atoms with Gasteiger partial charge in [0, 0.05) is 7.05 Å². The van der Waals surface area contributed by atoms with E-state index in [1.807, 2.05) is 30.3 Å². The molecule has 24 heavy (non-hydrogen) atoms. The molecule has 1 atom stereocenters. The summed E-state index contributed by atoms with van der Waals surface area (Å²) in [5.74, 6) is 0.133. The second-order valence-corrected chi connectivity index (χ2v) is 5.36. The fraction of sp³-hybridized carbons (Fsp3) is 0.278. The molecule has 0 aliphatic carbocycles. The Balaban J connectivity index is 0.00000288. The number of amides is 1. The van der Waals surface area contributed by atoms with Gasteiger partial charge >= 0.3 is 0 Å². The first-order valence-corrected chi connectivity index (χ1v) is 7.49. The average Bonchev–Trinajstić information content (AvgIpc) is 2.56. The third-order valence-electron chi connectivity index (χ3n) is 3.50. The third kappa shape index (κ3) is 6.18. The Morgan fingerprint density at radius 1 is 1.17 bits per heavy atom. The molecule has 0 unspecified atom stereocenters. The minimum Gasteiger partial charge on any atom is -0.492 e. The van der Waals surface area contributed by atoms with E-state index in [-0.39, 0.29) is 24.1 Å². The maximum absolute atomic E-state index is 12.8. The van der Waals surface area contributed by atoms with Gasteiger partial charge in [-0.3, -0.25) is 4.79 Å². The maximum atomic E-state index is 12.8. The van der Waals surface area contributed by atoms with Crippen molar-refractivity contribution < 1.29 is 13.9 Å². The number of hydrogen-bond donors (Lipinski definition) is 1. The van der Waals surface area contributed by atoms with Crippen molar-refractivity contribution in [3.05, 3.63) is 66.0 Å². The summed E-state index contributed by atoms with van der Waals surface area (Å²) in [5.41, 5.74) is 7.01. The summed E-state index contributed by atoms with van der Waals surface area (Å²) >= 11 is 0. The third-order valence-corrected chi connectivity index (χ3v) is 3.50. The molecule has 0 spiro atoms. The summed E-state index contributed by atoms with van der Waals surface area (Å²) in [6.45, 7) is 0.741. The molecule has 1 amide bonds. The first kappa shape index (κ1) is 19.9. The second-order valence-electron chi connectivity index (χ2n) is 5.36. The molecule has 0 aliphatic heterocycles. The van der Waals surface area contributed by atoms with Crippen LogP contribution in [0.4, 0.5) is 4.39 Å². The zero-order valence-electron chi connectivity index (χ0n) is 13.5. The number of benzene rings is 2. The number of carbonyl (C=O) groups excluding carboxylic acids is 1. The van der Waals surface area contributed by atoms with Crippen LogP contribution in [0.3, 0.4) is 0 Å². The highest BCUT2D eigenvalue weighted by Gasteiger charge is 2.18. The van der Waals surface area contributed by atoms with E-state index in [1.54, 1.807) is 24.1 Å². The van der Waals surface area contributed by atoms with E-state index in [9.17, 15) is 9.18 Å². The van der Waals surface area contributed by atoms with Crippen molar-refractivity contribution in [3.63, 3.8) is 0 Å². The zero-order chi connectivity index (χ0) is 16.7. The number of nitrogens with two attached hydrogens (primary N) is 1. The van der Waals surface area contributed by atoms with E-state index < -0.39 is 6.04 Å². The van der Waals surface area contributed by atoms with Gasteiger partial charge in [-0.2, -0.15) is 0 Å². The van der Waals surface area contributed by atoms with Gasteiger partial charge in [0.25, 0.3) is 0 Å². The van der Waals surface area contributed by atoms with Crippen molar-refractivity contribution in [2.75, 3.05) is 20.2 Å². The van der Waals surface area contributed by atoms with E-state index in [0.717, 1.165) is 5.56 Å². The lowest BCUT2D eigenvalue weighted by Gasteiger charge is -2.21. The molecule has 0 aliphatic rings. The predicted octanol–water partition coefficient (Wildman–Crippen LogP) is 2.65. The maximum Gasteiger partial charge on any atom is 0.239 e. The van der Waals surface area contributed by atoms with Crippen LogP contribution in [-0.2, 0) is 11.2 Å². The van der Waals surface area contributed by atoms with Gasteiger partial charge in [-0.25, -0.2) is 4.39 Å². The highest BCUT2D eigenvalue weighted by Crippen LogP contribution is 2.11. The summed E-state index contributed by atoms with van der Waals surface area (Å²) in [7, 11) is 1.70.